The molecular weight excluding hydrogens is 413 g/mol. The Morgan fingerprint density at radius 3 is 2.54 bits per heavy atom. The van der Waals surface area contributed by atoms with E-state index in [9.17, 15) is 4.79 Å². The first kappa shape index (κ1) is 20.6. The minimum atomic E-state index is -0.250. The van der Waals surface area contributed by atoms with Crippen molar-refractivity contribution >= 4 is 46.6 Å². The standard InChI is InChI=1S/C22H19Cl2NO2S/c1-15-11-16(14-28-18-5-3-2-4-6-18)7-9-20(15)25-22(26)13-27-21-10-8-17(23)12-19(21)24/h2-12H,13-14H2,1H3,(H,25,26). The number of carbonyl (C=O) groups is 1. The van der Waals surface area contributed by atoms with Gasteiger partial charge in [-0.3, -0.25) is 4.79 Å². The van der Waals surface area contributed by atoms with Crippen LogP contribution in [0.5, 0.6) is 5.75 Å². The molecule has 0 unspecified atom stereocenters. The van der Waals surface area contributed by atoms with Gasteiger partial charge in [0.15, 0.2) is 6.61 Å². The molecule has 3 aromatic carbocycles. The fourth-order valence-electron chi connectivity index (χ4n) is 2.56. The largest absolute Gasteiger partial charge is 0.482 e. The summed E-state index contributed by atoms with van der Waals surface area (Å²) in [6.07, 6.45) is 0. The third-order valence-corrected chi connectivity index (χ3v) is 5.58. The van der Waals surface area contributed by atoms with Gasteiger partial charge in [0.1, 0.15) is 5.75 Å². The van der Waals surface area contributed by atoms with Crippen LogP contribution < -0.4 is 10.1 Å². The van der Waals surface area contributed by atoms with Gasteiger partial charge in [-0.15, -0.1) is 11.8 Å². The SMILES string of the molecule is Cc1cc(CSc2ccccc2)ccc1NC(=O)COc1ccc(Cl)cc1Cl. The van der Waals surface area contributed by atoms with E-state index in [2.05, 4.69) is 23.5 Å². The third kappa shape index (κ3) is 5.93. The van der Waals surface area contributed by atoms with Crippen molar-refractivity contribution in [3.8, 4) is 5.75 Å². The fourth-order valence-corrected chi connectivity index (χ4v) is 3.89. The highest BCUT2D eigenvalue weighted by molar-refractivity contribution is 7.98. The molecule has 0 atom stereocenters. The van der Waals surface area contributed by atoms with E-state index in [1.165, 1.54) is 10.5 Å². The minimum absolute atomic E-state index is 0.133. The van der Waals surface area contributed by atoms with E-state index in [1.807, 2.05) is 37.3 Å². The third-order valence-electron chi connectivity index (χ3n) is 3.97. The van der Waals surface area contributed by atoms with Crippen molar-refractivity contribution in [1.82, 2.24) is 0 Å². The number of benzene rings is 3. The molecule has 0 fully saturated rings. The van der Waals surface area contributed by atoms with Gasteiger partial charge in [0.05, 0.1) is 5.02 Å². The Kier molecular flexibility index (Phi) is 7.26. The van der Waals surface area contributed by atoms with E-state index in [0.717, 1.165) is 17.0 Å². The number of anilines is 1. The molecule has 0 aromatic heterocycles. The second-order valence-electron chi connectivity index (χ2n) is 6.16. The molecule has 1 amide bonds. The van der Waals surface area contributed by atoms with E-state index in [1.54, 1.807) is 30.0 Å². The van der Waals surface area contributed by atoms with Gasteiger partial charge >= 0.3 is 0 Å². The number of amides is 1. The first-order chi connectivity index (χ1) is 13.5. The predicted molar refractivity (Wildman–Crippen MR) is 118 cm³/mol. The first-order valence-corrected chi connectivity index (χ1v) is 10.4. The van der Waals surface area contributed by atoms with Gasteiger partial charge < -0.3 is 10.1 Å². The maximum Gasteiger partial charge on any atom is 0.262 e. The highest BCUT2D eigenvalue weighted by Crippen LogP contribution is 2.28. The van der Waals surface area contributed by atoms with Gasteiger partial charge in [-0.1, -0.05) is 53.5 Å². The molecule has 3 rings (SSSR count). The van der Waals surface area contributed by atoms with Crippen LogP contribution in [0.2, 0.25) is 10.0 Å². The summed E-state index contributed by atoms with van der Waals surface area (Å²) in [6, 6.07) is 21.2. The van der Waals surface area contributed by atoms with Crippen LogP contribution in [-0.4, -0.2) is 12.5 Å². The number of thioether (sulfide) groups is 1. The number of aryl methyl sites for hydroxylation is 1. The molecule has 0 saturated heterocycles. The van der Waals surface area contributed by atoms with Gasteiger partial charge in [0.25, 0.3) is 5.91 Å². The lowest BCUT2D eigenvalue weighted by atomic mass is 10.1. The first-order valence-electron chi connectivity index (χ1n) is 8.66. The van der Waals surface area contributed by atoms with Gasteiger partial charge in [0, 0.05) is 21.4 Å². The molecule has 3 nitrogen and oxygen atoms in total. The van der Waals surface area contributed by atoms with Crippen LogP contribution in [0.15, 0.2) is 71.6 Å². The Hall–Kier alpha value is -2.14. The van der Waals surface area contributed by atoms with Crippen molar-refractivity contribution in [3.05, 3.63) is 87.9 Å². The summed E-state index contributed by atoms with van der Waals surface area (Å²) in [4.78, 5) is 13.4. The summed E-state index contributed by atoms with van der Waals surface area (Å²) in [5.41, 5.74) is 2.97. The smallest absolute Gasteiger partial charge is 0.262 e. The molecule has 0 spiro atoms. The van der Waals surface area contributed by atoms with E-state index in [-0.39, 0.29) is 12.5 Å². The number of hydrogen-bond acceptors (Lipinski definition) is 3. The monoisotopic (exact) mass is 431 g/mol. The molecule has 6 heteroatoms. The number of nitrogens with one attached hydrogen (secondary N) is 1. The van der Waals surface area contributed by atoms with Gasteiger partial charge in [0.2, 0.25) is 0 Å². The van der Waals surface area contributed by atoms with Crippen LogP contribution in [0.1, 0.15) is 11.1 Å². The summed E-state index contributed by atoms with van der Waals surface area (Å²) in [7, 11) is 0. The van der Waals surface area contributed by atoms with E-state index >= 15 is 0 Å². The van der Waals surface area contributed by atoms with E-state index < -0.39 is 0 Å². The predicted octanol–water partition coefficient (Wildman–Crippen LogP) is 6.61. The lowest BCUT2D eigenvalue weighted by Gasteiger charge is -2.12. The van der Waals surface area contributed by atoms with Crippen molar-refractivity contribution in [2.75, 3.05) is 11.9 Å². The maximum absolute atomic E-state index is 12.2. The Labute approximate surface area is 179 Å². The van der Waals surface area contributed by atoms with Gasteiger partial charge in [-0.2, -0.15) is 0 Å². The quantitative estimate of drug-likeness (QED) is 0.427. The molecule has 0 heterocycles. The molecule has 0 aliphatic rings. The second kappa shape index (κ2) is 9.87. The van der Waals surface area contributed by atoms with Gasteiger partial charge in [-0.25, -0.2) is 0 Å². The van der Waals surface area contributed by atoms with Crippen molar-refractivity contribution in [2.45, 2.75) is 17.6 Å². The molecule has 144 valence electrons. The summed E-state index contributed by atoms with van der Waals surface area (Å²) in [5.74, 6) is 1.05. The molecule has 0 aliphatic heterocycles. The lowest BCUT2D eigenvalue weighted by Crippen LogP contribution is -2.20. The Balaban J connectivity index is 1.54. The summed E-state index contributed by atoms with van der Waals surface area (Å²) in [5, 5.41) is 3.76. The molecule has 3 aromatic rings. The Morgan fingerprint density at radius 1 is 1.04 bits per heavy atom. The van der Waals surface area contributed by atoms with Crippen LogP contribution in [0, 0.1) is 6.92 Å². The summed E-state index contributed by atoms with van der Waals surface area (Å²) < 4.78 is 5.47. The van der Waals surface area contributed by atoms with Crippen LogP contribution in [-0.2, 0) is 10.5 Å². The maximum atomic E-state index is 12.2. The topological polar surface area (TPSA) is 38.3 Å². The van der Waals surface area contributed by atoms with Crippen molar-refractivity contribution < 1.29 is 9.53 Å². The lowest BCUT2D eigenvalue weighted by molar-refractivity contribution is -0.118. The highest BCUT2D eigenvalue weighted by atomic mass is 35.5. The van der Waals surface area contributed by atoms with Gasteiger partial charge in [-0.05, 0) is 54.4 Å². The number of carbonyl (C=O) groups excluding carboxylic acids is 1. The number of ether oxygens (including phenoxy) is 1. The zero-order chi connectivity index (χ0) is 19.9. The molecular formula is C22H19Cl2NO2S. The average Bonchev–Trinajstić information content (AvgIpc) is 2.68. The van der Waals surface area contributed by atoms with Crippen molar-refractivity contribution in [2.24, 2.45) is 0 Å². The van der Waals surface area contributed by atoms with E-state index in [4.69, 9.17) is 27.9 Å². The minimum Gasteiger partial charge on any atom is -0.482 e. The fraction of sp³-hybridized carbons (Fsp3) is 0.136. The van der Waals surface area contributed by atoms with Crippen LogP contribution in [0.25, 0.3) is 0 Å². The summed E-state index contributed by atoms with van der Waals surface area (Å²) in [6.45, 7) is 1.84. The second-order valence-corrected chi connectivity index (χ2v) is 8.05. The Bertz CT molecular complexity index is 964. The molecule has 1 N–H and O–H groups in total. The Morgan fingerprint density at radius 2 is 1.82 bits per heavy atom. The zero-order valence-corrected chi connectivity index (χ0v) is 17.6. The summed E-state index contributed by atoms with van der Waals surface area (Å²) >= 11 is 13.7. The zero-order valence-electron chi connectivity index (χ0n) is 15.2. The van der Waals surface area contributed by atoms with Crippen molar-refractivity contribution in [1.29, 1.82) is 0 Å². The van der Waals surface area contributed by atoms with Crippen LogP contribution in [0.3, 0.4) is 0 Å². The normalized spacial score (nSPS) is 10.5. The van der Waals surface area contributed by atoms with Crippen molar-refractivity contribution in [3.63, 3.8) is 0 Å². The number of hydrogen-bond donors (Lipinski definition) is 1. The molecule has 0 saturated carbocycles. The number of halogens is 2. The molecule has 0 radical (unpaired) electrons. The molecule has 0 aliphatic carbocycles. The number of rotatable bonds is 7. The molecule has 28 heavy (non-hydrogen) atoms. The van der Waals surface area contributed by atoms with Crippen LogP contribution in [0.4, 0.5) is 5.69 Å². The van der Waals surface area contributed by atoms with E-state index in [0.29, 0.717) is 15.8 Å². The average molecular weight is 432 g/mol. The highest BCUT2D eigenvalue weighted by Gasteiger charge is 2.09. The van der Waals surface area contributed by atoms with Crippen LogP contribution >= 0.6 is 35.0 Å². The molecule has 0 bridgehead atoms.